The average molecular weight is 337 g/mol. The molecule has 0 aliphatic heterocycles. The Labute approximate surface area is 138 Å². The van der Waals surface area contributed by atoms with Gasteiger partial charge in [-0.05, 0) is 37.5 Å². The molecule has 1 aromatic carbocycles. The van der Waals surface area contributed by atoms with Crippen LogP contribution in [-0.4, -0.2) is 35.0 Å². The lowest BCUT2D eigenvalue weighted by Gasteiger charge is -2.13. The van der Waals surface area contributed by atoms with Crippen LogP contribution in [0.3, 0.4) is 0 Å². The molecule has 0 fully saturated rings. The molecule has 0 bridgehead atoms. The first-order valence-electron chi connectivity index (χ1n) is 6.98. The minimum Gasteiger partial charge on any atom is -0.497 e. The molecule has 0 saturated carbocycles. The van der Waals surface area contributed by atoms with Crippen molar-refractivity contribution in [2.24, 2.45) is 0 Å². The Morgan fingerprint density at radius 3 is 2.82 bits per heavy atom. The van der Waals surface area contributed by atoms with E-state index in [4.69, 9.17) is 4.74 Å². The van der Waals surface area contributed by atoms with Crippen molar-refractivity contribution < 1.29 is 9.53 Å². The monoisotopic (exact) mass is 337 g/mol. The third-order valence-corrected chi connectivity index (χ3v) is 4.96. The topological polar surface area (TPSA) is 64.1 Å². The number of aryl methyl sites for hydroxylation is 1. The van der Waals surface area contributed by atoms with Crippen LogP contribution in [0.25, 0.3) is 0 Å². The lowest BCUT2D eigenvalue weighted by molar-refractivity contribution is -0.119. The Morgan fingerprint density at radius 2 is 2.18 bits per heavy atom. The summed E-state index contributed by atoms with van der Waals surface area (Å²) < 4.78 is 5.96. The molecule has 22 heavy (non-hydrogen) atoms. The molecule has 0 radical (unpaired) electrons. The molecule has 2 aromatic rings. The number of carbonyl (C=O) groups is 1. The average Bonchev–Trinajstić information content (AvgIpc) is 3.05. The molecular weight excluding hydrogens is 318 g/mol. The Balaban J connectivity index is 1.67. The number of nitrogens with one attached hydrogen (secondary N) is 1. The maximum Gasteiger partial charge on any atom is 0.230 e. The minimum atomic E-state index is 0.0300. The number of hydrogen-bond acceptors (Lipinski definition) is 6. The van der Waals surface area contributed by atoms with Crippen molar-refractivity contribution in [3.05, 3.63) is 35.3 Å². The third-order valence-electron chi connectivity index (χ3n) is 3.10. The molecule has 1 aromatic heterocycles. The number of rotatable bonds is 8. The maximum atomic E-state index is 11.9. The van der Waals surface area contributed by atoms with E-state index in [9.17, 15) is 4.79 Å². The van der Waals surface area contributed by atoms with Crippen LogP contribution >= 0.6 is 23.1 Å². The number of hydrogen-bond donors (Lipinski definition) is 1. The molecule has 7 heteroatoms. The van der Waals surface area contributed by atoms with Gasteiger partial charge in [0.2, 0.25) is 5.91 Å². The van der Waals surface area contributed by atoms with Crippen LogP contribution in [0.4, 0.5) is 0 Å². The van der Waals surface area contributed by atoms with Crippen LogP contribution in [0.5, 0.6) is 5.75 Å². The van der Waals surface area contributed by atoms with Crippen LogP contribution in [0, 0.1) is 0 Å². The van der Waals surface area contributed by atoms with E-state index in [1.54, 1.807) is 12.6 Å². The molecule has 0 saturated heterocycles. The normalized spacial score (nSPS) is 11.9. The Kier molecular flexibility index (Phi) is 6.67. The quantitative estimate of drug-likeness (QED) is 0.751. The van der Waals surface area contributed by atoms with Crippen LogP contribution < -0.4 is 10.1 Å². The summed E-state index contributed by atoms with van der Waals surface area (Å²) in [5, 5.41) is 10.6. The molecule has 1 heterocycles. The fraction of sp³-hybridized carbons (Fsp3) is 0.400. The van der Waals surface area contributed by atoms with E-state index < -0.39 is 0 Å². The van der Waals surface area contributed by atoms with E-state index >= 15 is 0 Å². The second-order valence-electron chi connectivity index (χ2n) is 4.85. The SMILES string of the molecule is COc1ccc(CCC(C)NC(=O)CSc2nncs2)cc1. The highest BCUT2D eigenvalue weighted by molar-refractivity contribution is 8.01. The van der Waals surface area contributed by atoms with Gasteiger partial charge in [0.15, 0.2) is 4.34 Å². The fourth-order valence-electron chi connectivity index (χ4n) is 1.92. The van der Waals surface area contributed by atoms with E-state index in [-0.39, 0.29) is 11.9 Å². The fourth-order valence-corrected chi connectivity index (χ4v) is 3.22. The Morgan fingerprint density at radius 1 is 1.41 bits per heavy atom. The van der Waals surface area contributed by atoms with Crippen molar-refractivity contribution in [3.63, 3.8) is 0 Å². The van der Waals surface area contributed by atoms with E-state index in [0.29, 0.717) is 5.75 Å². The molecule has 5 nitrogen and oxygen atoms in total. The summed E-state index contributed by atoms with van der Waals surface area (Å²) >= 11 is 2.86. The number of thioether (sulfide) groups is 1. The highest BCUT2D eigenvalue weighted by Gasteiger charge is 2.09. The number of carbonyl (C=O) groups excluding carboxylic acids is 1. The van der Waals surface area contributed by atoms with Crippen LogP contribution in [0.1, 0.15) is 18.9 Å². The van der Waals surface area contributed by atoms with Crippen molar-refractivity contribution in [1.29, 1.82) is 0 Å². The summed E-state index contributed by atoms with van der Waals surface area (Å²) in [6.07, 6.45) is 1.83. The van der Waals surface area contributed by atoms with Gasteiger partial charge in [-0.3, -0.25) is 4.79 Å². The molecule has 1 N–H and O–H groups in total. The van der Waals surface area contributed by atoms with Gasteiger partial charge < -0.3 is 10.1 Å². The molecule has 1 atom stereocenters. The third kappa shape index (κ3) is 5.65. The molecule has 1 unspecified atom stereocenters. The van der Waals surface area contributed by atoms with Crippen molar-refractivity contribution in [3.8, 4) is 5.75 Å². The Hall–Kier alpha value is -1.60. The lowest BCUT2D eigenvalue weighted by atomic mass is 10.1. The van der Waals surface area contributed by atoms with Crippen LogP contribution in [0.15, 0.2) is 34.1 Å². The predicted octanol–water partition coefficient (Wildman–Crippen LogP) is 2.78. The van der Waals surface area contributed by atoms with E-state index in [1.807, 2.05) is 19.1 Å². The molecule has 0 spiro atoms. The van der Waals surface area contributed by atoms with E-state index in [2.05, 4.69) is 27.6 Å². The van der Waals surface area contributed by atoms with Gasteiger partial charge in [0.25, 0.3) is 0 Å². The van der Waals surface area contributed by atoms with Crippen molar-refractivity contribution in [2.75, 3.05) is 12.9 Å². The molecular formula is C15H19N3O2S2. The van der Waals surface area contributed by atoms with E-state index in [0.717, 1.165) is 22.9 Å². The maximum absolute atomic E-state index is 11.9. The van der Waals surface area contributed by atoms with Crippen molar-refractivity contribution >= 4 is 29.0 Å². The van der Waals surface area contributed by atoms with Gasteiger partial charge in [-0.1, -0.05) is 35.2 Å². The largest absolute Gasteiger partial charge is 0.497 e. The summed E-state index contributed by atoms with van der Waals surface area (Å²) in [5.41, 5.74) is 2.91. The van der Waals surface area contributed by atoms with Crippen molar-refractivity contribution in [1.82, 2.24) is 15.5 Å². The first-order valence-corrected chi connectivity index (χ1v) is 8.85. The Bertz CT molecular complexity index is 573. The number of ether oxygens (including phenoxy) is 1. The van der Waals surface area contributed by atoms with Gasteiger partial charge in [-0.15, -0.1) is 10.2 Å². The molecule has 118 valence electrons. The predicted molar refractivity (Wildman–Crippen MR) is 89.6 cm³/mol. The van der Waals surface area contributed by atoms with E-state index in [1.165, 1.54) is 28.7 Å². The molecule has 0 aliphatic rings. The van der Waals surface area contributed by atoms with Crippen LogP contribution in [0.2, 0.25) is 0 Å². The van der Waals surface area contributed by atoms with Crippen LogP contribution in [-0.2, 0) is 11.2 Å². The first kappa shape index (κ1) is 16.8. The number of methoxy groups -OCH3 is 1. The van der Waals surface area contributed by atoms with Gasteiger partial charge in [0.05, 0.1) is 12.9 Å². The highest BCUT2D eigenvalue weighted by atomic mass is 32.2. The van der Waals surface area contributed by atoms with Gasteiger partial charge in [-0.2, -0.15) is 0 Å². The number of amides is 1. The zero-order valence-electron chi connectivity index (χ0n) is 12.6. The summed E-state index contributed by atoms with van der Waals surface area (Å²) in [5.74, 6) is 1.27. The number of nitrogens with zero attached hydrogens (tertiary/aromatic N) is 2. The standard InChI is InChI=1S/C15H19N3O2S2/c1-11(3-4-12-5-7-13(20-2)8-6-12)17-14(19)9-21-15-18-16-10-22-15/h5-8,10-11H,3-4,9H2,1-2H3,(H,17,19). The summed E-state index contributed by atoms with van der Waals surface area (Å²) in [6.45, 7) is 2.02. The number of aromatic nitrogens is 2. The zero-order valence-corrected chi connectivity index (χ0v) is 14.2. The summed E-state index contributed by atoms with van der Waals surface area (Å²) in [7, 11) is 1.66. The smallest absolute Gasteiger partial charge is 0.230 e. The molecule has 2 rings (SSSR count). The van der Waals surface area contributed by atoms with Gasteiger partial charge in [0, 0.05) is 6.04 Å². The highest BCUT2D eigenvalue weighted by Crippen LogP contribution is 2.18. The summed E-state index contributed by atoms with van der Waals surface area (Å²) in [4.78, 5) is 11.9. The zero-order chi connectivity index (χ0) is 15.8. The van der Waals surface area contributed by atoms with Gasteiger partial charge in [-0.25, -0.2) is 0 Å². The van der Waals surface area contributed by atoms with Gasteiger partial charge in [0.1, 0.15) is 11.3 Å². The minimum absolute atomic E-state index is 0.0300. The summed E-state index contributed by atoms with van der Waals surface area (Å²) in [6, 6.07) is 8.16. The van der Waals surface area contributed by atoms with Crippen molar-refractivity contribution in [2.45, 2.75) is 30.1 Å². The first-order chi connectivity index (χ1) is 10.7. The lowest BCUT2D eigenvalue weighted by Crippen LogP contribution is -2.34. The second kappa shape index (κ2) is 8.75. The number of benzene rings is 1. The molecule has 0 aliphatic carbocycles. The second-order valence-corrected chi connectivity index (χ2v) is 6.90. The molecule has 1 amide bonds. The van der Waals surface area contributed by atoms with Gasteiger partial charge >= 0.3 is 0 Å².